The lowest BCUT2D eigenvalue weighted by Gasteiger charge is -2.34. The molecular formula is C50H45NO3S. The van der Waals surface area contributed by atoms with E-state index in [1.165, 1.54) is 44.5 Å². The molecule has 0 atom stereocenters. The van der Waals surface area contributed by atoms with Gasteiger partial charge in [-0.25, -0.2) is 0 Å². The van der Waals surface area contributed by atoms with E-state index in [9.17, 15) is 0 Å². The van der Waals surface area contributed by atoms with Crippen LogP contribution in [0.25, 0.3) is 45.4 Å². The summed E-state index contributed by atoms with van der Waals surface area (Å²) in [6.45, 7) is 15.1. The highest BCUT2D eigenvalue weighted by atomic mass is 32.1. The molecule has 3 heterocycles. The molecule has 274 valence electrons. The molecule has 55 heavy (non-hydrogen) atoms. The molecule has 0 N–H and O–H groups in total. The van der Waals surface area contributed by atoms with Crippen LogP contribution in [0.3, 0.4) is 0 Å². The Bertz CT molecular complexity index is 2550. The van der Waals surface area contributed by atoms with Gasteiger partial charge < -0.3 is 18.8 Å². The third kappa shape index (κ3) is 5.63. The van der Waals surface area contributed by atoms with Crippen LogP contribution in [0.4, 0.5) is 17.1 Å². The first-order valence-electron chi connectivity index (χ1n) is 19.3. The minimum absolute atomic E-state index is 0.0456. The van der Waals surface area contributed by atoms with Gasteiger partial charge in [0.15, 0.2) is 6.29 Å². The minimum atomic E-state index is -0.299. The van der Waals surface area contributed by atoms with Crippen molar-refractivity contribution in [3.05, 3.63) is 159 Å². The number of benzene rings is 5. The molecule has 3 aliphatic rings. The van der Waals surface area contributed by atoms with Crippen molar-refractivity contribution in [1.82, 2.24) is 0 Å². The summed E-state index contributed by atoms with van der Waals surface area (Å²) in [6.07, 6.45) is 3.87. The average molecular weight is 740 g/mol. The summed E-state index contributed by atoms with van der Waals surface area (Å²) < 4.78 is 18.6. The van der Waals surface area contributed by atoms with Gasteiger partial charge in [0.05, 0.1) is 18.1 Å². The number of anilines is 3. The van der Waals surface area contributed by atoms with Crippen molar-refractivity contribution in [3.8, 4) is 22.3 Å². The Morgan fingerprint density at radius 3 is 1.73 bits per heavy atom. The van der Waals surface area contributed by atoms with Crippen molar-refractivity contribution >= 4 is 51.5 Å². The Balaban J connectivity index is 1.03. The summed E-state index contributed by atoms with van der Waals surface area (Å²) >= 11 is 1.69. The number of thiophene rings is 1. The standard InChI is InChI=1S/C50H45NO3S/c1-48(2)29-52-47(53-30-48)46-24-21-36(55-46)20-19-35-25-31-15-16-34(28-45(31)54-35)51(32-17-22-39-37-11-7-9-13-41(37)49(3,4)43(39)26-32)33-18-23-40-38-12-8-10-14-42(38)50(5,6)44(40)27-33/h7-28,47H,29-30H2,1-6H3/b20-19+. The molecular weight excluding hydrogens is 695 g/mol. The number of rotatable bonds is 6. The molecule has 0 saturated carbocycles. The number of hydrogen-bond donors (Lipinski definition) is 0. The third-order valence-electron chi connectivity index (χ3n) is 12.0. The van der Waals surface area contributed by atoms with E-state index in [2.05, 4.69) is 180 Å². The Labute approximate surface area is 327 Å². The zero-order valence-electron chi connectivity index (χ0n) is 32.3. The molecule has 0 bridgehead atoms. The van der Waals surface area contributed by atoms with Crippen LogP contribution in [-0.2, 0) is 20.3 Å². The van der Waals surface area contributed by atoms with E-state index < -0.39 is 0 Å². The summed E-state index contributed by atoms with van der Waals surface area (Å²) in [6, 6.07) is 44.6. The Morgan fingerprint density at radius 1 is 0.564 bits per heavy atom. The fourth-order valence-corrected chi connectivity index (χ4v) is 9.89. The van der Waals surface area contributed by atoms with Gasteiger partial charge in [-0.15, -0.1) is 11.3 Å². The van der Waals surface area contributed by atoms with Gasteiger partial charge in [0.2, 0.25) is 0 Å². The van der Waals surface area contributed by atoms with Crippen LogP contribution in [0.1, 0.15) is 85.6 Å². The molecule has 5 heteroatoms. The maximum Gasteiger partial charge on any atom is 0.193 e. The lowest BCUT2D eigenvalue weighted by Crippen LogP contribution is -2.33. The second-order valence-corrected chi connectivity index (χ2v) is 18.3. The van der Waals surface area contributed by atoms with E-state index >= 15 is 0 Å². The fraction of sp³-hybridized carbons (Fsp3) is 0.240. The number of furan rings is 1. The van der Waals surface area contributed by atoms with Crippen LogP contribution >= 0.6 is 11.3 Å². The van der Waals surface area contributed by atoms with Crippen molar-refractivity contribution in [2.45, 2.75) is 58.7 Å². The molecule has 0 amide bonds. The number of ether oxygens (including phenoxy) is 2. The average Bonchev–Trinajstić information content (AvgIpc) is 3.93. The van der Waals surface area contributed by atoms with E-state index in [4.69, 9.17) is 13.9 Å². The second kappa shape index (κ2) is 12.4. The minimum Gasteiger partial charge on any atom is -0.457 e. The molecule has 1 aliphatic heterocycles. The monoisotopic (exact) mass is 739 g/mol. The summed E-state index contributed by atoms with van der Waals surface area (Å²) in [5.41, 5.74) is 14.7. The lowest BCUT2D eigenvalue weighted by molar-refractivity contribution is -0.224. The smallest absolute Gasteiger partial charge is 0.193 e. The predicted octanol–water partition coefficient (Wildman–Crippen LogP) is 13.8. The summed E-state index contributed by atoms with van der Waals surface area (Å²) in [5, 5.41) is 1.07. The first-order chi connectivity index (χ1) is 26.5. The maximum atomic E-state index is 6.54. The van der Waals surface area contributed by atoms with Gasteiger partial charge >= 0.3 is 0 Å². The van der Waals surface area contributed by atoms with E-state index in [-0.39, 0.29) is 22.5 Å². The molecule has 0 unspecified atom stereocenters. The van der Waals surface area contributed by atoms with Crippen LogP contribution in [0.2, 0.25) is 0 Å². The van der Waals surface area contributed by atoms with Crippen molar-refractivity contribution in [2.75, 3.05) is 18.1 Å². The van der Waals surface area contributed by atoms with Gasteiger partial charge in [-0.1, -0.05) is 102 Å². The highest BCUT2D eigenvalue weighted by Gasteiger charge is 2.38. The molecule has 0 radical (unpaired) electrons. The predicted molar refractivity (Wildman–Crippen MR) is 228 cm³/mol. The Kier molecular flexibility index (Phi) is 7.74. The summed E-state index contributed by atoms with van der Waals surface area (Å²) in [4.78, 5) is 4.62. The normalized spacial score (nSPS) is 17.6. The lowest BCUT2D eigenvalue weighted by atomic mass is 9.82. The van der Waals surface area contributed by atoms with Gasteiger partial charge in [-0.2, -0.15) is 0 Å². The van der Waals surface area contributed by atoms with E-state index in [1.54, 1.807) is 11.3 Å². The zero-order chi connectivity index (χ0) is 37.7. The van der Waals surface area contributed by atoms with Crippen LogP contribution < -0.4 is 4.90 Å². The third-order valence-corrected chi connectivity index (χ3v) is 13.0. The number of nitrogens with zero attached hydrogens (tertiary/aromatic N) is 1. The molecule has 10 rings (SSSR count). The Hall–Kier alpha value is -5.20. The SMILES string of the molecule is CC1(C)COC(c2ccc(/C=C/c3cc4ccc(N(c5ccc6c(c5)C(C)(C)c5ccccc5-6)c5ccc6c(c5)C(C)(C)c5ccccc5-6)cc4o3)s2)OC1. The fourth-order valence-electron chi connectivity index (χ4n) is 8.98. The van der Waals surface area contributed by atoms with Crippen molar-refractivity contribution in [2.24, 2.45) is 5.41 Å². The highest BCUT2D eigenvalue weighted by molar-refractivity contribution is 7.13. The summed E-state index contributed by atoms with van der Waals surface area (Å²) in [7, 11) is 0. The molecule has 2 aliphatic carbocycles. The molecule has 2 aromatic heterocycles. The first-order valence-corrected chi connectivity index (χ1v) is 20.1. The van der Waals surface area contributed by atoms with Crippen LogP contribution in [-0.4, -0.2) is 13.2 Å². The molecule has 4 nitrogen and oxygen atoms in total. The quantitative estimate of drug-likeness (QED) is 0.170. The van der Waals surface area contributed by atoms with Gasteiger partial charge in [0.25, 0.3) is 0 Å². The molecule has 5 aromatic carbocycles. The van der Waals surface area contributed by atoms with Crippen LogP contribution in [0.5, 0.6) is 0 Å². The molecule has 1 fully saturated rings. The molecule has 1 saturated heterocycles. The molecule has 7 aromatic rings. The van der Waals surface area contributed by atoms with Crippen molar-refractivity contribution < 1.29 is 13.9 Å². The van der Waals surface area contributed by atoms with Gasteiger partial charge in [-0.3, -0.25) is 0 Å². The maximum absolute atomic E-state index is 6.54. The van der Waals surface area contributed by atoms with Gasteiger partial charge in [0, 0.05) is 49.6 Å². The van der Waals surface area contributed by atoms with E-state index in [0.717, 1.165) is 43.5 Å². The van der Waals surface area contributed by atoms with Gasteiger partial charge in [-0.05, 0) is 111 Å². The van der Waals surface area contributed by atoms with Crippen molar-refractivity contribution in [3.63, 3.8) is 0 Å². The first kappa shape index (κ1) is 34.3. The van der Waals surface area contributed by atoms with E-state index in [0.29, 0.717) is 13.2 Å². The summed E-state index contributed by atoms with van der Waals surface area (Å²) in [5.74, 6) is 0.814. The largest absolute Gasteiger partial charge is 0.457 e. The zero-order valence-corrected chi connectivity index (χ0v) is 33.1. The number of fused-ring (bicyclic) bond motifs is 7. The van der Waals surface area contributed by atoms with E-state index in [1.807, 2.05) is 0 Å². The van der Waals surface area contributed by atoms with Gasteiger partial charge in [0.1, 0.15) is 11.3 Å². The number of hydrogen-bond acceptors (Lipinski definition) is 5. The van der Waals surface area contributed by atoms with Crippen LogP contribution in [0.15, 0.2) is 126 Å². The topological polar surface area (TPSA) is 34.8 Å². The Morgan fingerprint density at radius 2 is 1.11 bits per heavy atom. The van der Waals surface area contributed by atoms with Crippen LogP contribution in [0, 0.1) is 5.41 Å². The van der Waals surface area contributed by atoms with Crippen molar-refractivity contribution in [1.29, 1.82) is 0 Å². The highest BCUT2D eigenvalue weighted by Crippen LogP contribution is 2.53. The molecule has 0 spiro atoms. The second-order valence-electron chi connectivity index (χ2n) is 17.2.